The summed E-state index contributed by atoms with van der Waals surface area (Å²) in [7, 11) is 0. The Kier molecular flexibility index (Phi) is 9.44. The second kappa shape index (κ2) is 12.6. The molecule has 3 aromatic carbocycles. The largest absolute Gasteiger partial charge is 0.416 e. The van der Waals surface area contributed by atoms with Crippen molar-refractivity contribution >= 4 is 28.9 Å². The van der Waals surface area contributed by atoms with Gasteiger partial charge < -0.3 is 15.5 Å². The third-order valence-corrected chi connectivity index (χ3v) is 7.74. The van der Waals surface area contributed by atoms with E-state index in [1.165, 1.54) is 0 Å². The first-order valence-corrected chi connectivity index (χ1v) is 14.2. The summed E-state index contributed by atoms with van der Waals surface area (Å²) in [5.74, 6) is -0.360. The van der Waals surface area contributed by atoms with Gasteiger partial charge in [0.2, 0.25) is 5.91 Å². The smallest absolute Gasteiger partial charge is 0.350 e. The van der Waals surface area contributed by atoms with E-state index in [1.807, 2.05) is 86.3 Å². The maximum atomic E-state index is 14.2. The van der Waals surface area contributed by atoms with E-state index < -0.39 is 40.6 Å². The molecular formula is C32H33F6N3OS. The highest BCUT2D eigenvalue weighted by molar-refractivity contribution is 7.80. The van der Waals surface area contributed by atoms with Crippen molar-refractivity contribution in [2.75, 3.05) is 11.9 Å². The molecule has 1 heterocycles. The number of carbonyl (C=O) groups excluding carboxylic acids is 1. The van der Waals surface area contributed by atoms with Gasteiger partial charge in [-0.1, -0.05) is 81.4 Å². The van der Waals surface area contributed by atoms with Crippen LogP contribution >= 0.6 is 12.2 Å². The Morgan fingerprint density at radius 2 is 1.33 bits per heavy atom. The average molecular weight is 622 g/mol. The van der Waals surface area contributed by atoms with E-state index in [-0.39, 0.29) is 29.0 Å². The summed E-state index contributed by atoms with van der Waals surface area (Å²) < 4.78 is 80.2. The van der Waals surface area contributed by atoms with Crippen molar-refractivity contribution in [1.82, 2.24) is 10.2 Å². The van der Waals surface area contributed by atoms with E-state index in [0.717, 1.165) is 24.0 Å². The molecule has 1 aliphatic rings. The normalized spacial score (nSPS) is 16.7. The molecule has 230 valence electrons. The molecule has 1 saturated heterocycles. The Hall–Kier alpha value is -3.60. The van der Waals surface area contributed by atoms with Crippen LogP contribution in [0, 0.1) is 5.41 Å². The van der Waals surface area contributed by atoms with Gasteiger partial charge in [0.15, 0.2) is 5.11 Å². The zero-order valence-electron chi connectivity index (χ0n) is 23.9. The minimum Gasteiger partial charge on any atom is -0.350 e. The molecule has 3 aromatic rings. The first kappa shape index (κ1) is 32.3. The minimum absolute atomic E-state index is 0.0482. The van der Waals surface area contributed by atoms with E-state index in [9.17, 15) is 31.1 Å². The predicted octanol–water partition coefficient (Wildman–Crippen LogP) is 8.25. The van der Waals surface area contributed by atoms with Crippen LogP contribution in [0.4, 0.5) is 32.0 Å². The minimum atomic E-state index is -5.00. The molecule has 1 amide bonds. The summed E-state index contributed by atoms with van der Waals surface area (Å²) in [5.41, 5.74) is -2.03. The summed E-state index contributed by atoms with van der Waals surface area (Å²) in [5, 5.41) is 5.09. The highest BCUT2D eigenvalue weighted by atomic mass is 32.1. The number of nitrogens with zero attached hydrogens (tertiary/aromatic N) is 1. The molecule has 0 saturated carbocycles. The molecule has 1 aliphatic heterocycles. The number of carbonyl (C=O) groups is 1. The number of hydrogen-bond acceptors (Lipinski definition) is 2. The SMILES string of the molecule is CC(C)(C)[C@H](NC(=S)Nc1cc(C(F)(F)F)cc(C(F)(F)F)c1)C(=O)N1CCC[C@@H]1C(c1ccccc1)c1ccccc1. The van der Waals surface area contributed by atoms with Crippen molar-refractivity contribution in [1.29, 1.82) is 0 Å². The predicted molar refractivity (Wildman–Crippen MR) is 159 cm³/mol. The summed E-state index contributed by atoms with van der Waals surface area (Å²) in [4.78, 5) is 16.0. The van der Waals surface area contributed by atoms with Crippen molar-refractivity contribution in [3.63, 3.8) is 0 Å². The molecule has 2 N–H and O–H groups in total. The number of hydrogen-bond donors (Lipinski definition) is 2. The number of nitrogens with one attached hydrogen (secondary N) is 2. The van der Waals surface area contributed by atoms with Gasteiger partial charge in [0.25, 0.3) is 0 Å². The molecule has 4 rings (SSSR count). The number of alkyl halides is 6. The maximum absolute atomic E-state index is 14.2. The van der Waals surface area contributed by atoms with Crippen LogP contribution in [0.5, 0.6) is 0 Å². The molecule has 11 heteroatoms. The fraction of sp³-hybridized carbons (Fsp3) is 0.375. The average Bonchev–Trinajstić information content (AvgIpc) is 3.40. The lowest BCUT2D eigenvalue weighted by atomic mass is 9.82. The van der Waals surface area contributed by atoms with E-state index in [1.54, 1.807) is 0 Å². The number of rotatable bonds is 6. The molecule has 1 fully saturated rings. The first-order valence-electron chi connectivity index (χ1n) is 13.8. The van der Waals surface area contributed by atoms with E-state index in [2.05, 4.69) is 10.6 Å². The number of benzene rings is 3. The van der Waals surface area contributed by atoms with Crippen LogP contribution in [0.25, 0.3) is 0 Å². The number of amides is 1. The lowest BCUT2D eigenvalue weighted by Gasteiger charge is -2.39. The fourth-order valence-electron chi connectivity index (χ4n) is 5.51. The van der Waals surface area contributed by atoms with Crippen molar-refractivity contribution in [2.45, 2.75) is 64.0 Å². The standard InChI is InChI=1S/C32H33F6N3OS/c1-30(2,3)27(40-29(43)39-24-18-22(31(33,34)35)17-23(19-24)32(36,37)38)28(42)41-16-10-15-25(41)26(20-11-6-4-7-12-20)21-13-8-5-9-14-21/h4-9,11-14,17-19,25-27H,10,15-16H2,1-3H3,(H2,39,40,43)/t25-,27-/m1/s1. The first-order chi connectivity index (χ1) is 20.1. The maximum Gasteiger partial charge on any atom is 0.416 e. The summed E-state index contributed by atoms with van der Waals surface area (Å²) in [6.45, 7) is 5.94. The van der Waals surface area contributed by atoms with Gasteiger partial charge in [-0.25, -0.2) is 0 Å². The lowest BCUT2D eigenvalue weighted by Crippen LogP contribution is -2.57. The van der Waals surface area contributed by atoms with Crippen LogP contribution in [0.15, 0.2) is 78.9 Å². The number of thiocarbonyl (C=S) groups is 1. The van der Waals surface area contributed by atoms with Crippen molar-refractivity contribution in [2.24, 2.45) is 5.41 Å². The van der Waals surface area contributed by atoms with E-state index >= 15 is 0 Å². The van der Waals surface area contributed by atoms with Crippen LogP contribution in [0.1, 0.15) is 61.8 Å². The van der Waals surface area contributed by atoms with Crippen LogP contribution in [0.2, 0.25) is 0 Å². The molecule has 0 spiro atoms. The third kappa shape index (κ3) is 7.87. The summed E-state index contributed by atoms with van der Waals surface area (Å²) >= 11 is 5.33. The van der Waals surface area contributed by atoms with Gasteiger partial charge in [0.1, 0.15) is 6.04 Å². The fourth-order valence-corrected chi connectivity index (χ4v) is 5.75. The highest BCUT2D eigenvalue weighted by Crippen LogP contribution is 2.39. The van der Waals surface area contributed by atoms with Crippen LogP contribution in [-0.4, -0.2) is 34.5 Å². The Labute approximate surface area is 252 Å². The van der Waals surface area contributed by atoms with Crippen molar-refractivity contribution in [3.05, 3.63) is 101 Å². The molecule has 0 radical (unpaired) electrons. The molecule has 0 aromatic heterocycles. The Morgan fingerprint density at radius 1 is 0.837 bits per heavy atom. The molecule has 43 heavy (non-hydrogen) atoms. The van der Waals surface area contributed by atoms with E-state index in [0.29, 0.717) is 18.7 Å². The van der Waals surface area contributed by atoms with Gasteiger partial charge in [0.05, 0.1) is 11.1 Å². The molecule has 0 bridgehead atoms. The van der Waals surface area contributed by atoms with E-state index in [4.69, 9.17) is 12.2 Å². The Morgan fingerprint density at radius 3 is 1.77 bits per heavy atom. The quantitative estimate of drug-likeness (QED) is 0.215. The van der Waals surface area contributed by atoms with Gasteiger partial charge in [-0.15, -0.1) is 0 Å². The number of halogens is 6. The van der Waals surface area contributed by atoms with Gasteiger partial charge in [0, 0.05) is 24.2 Å². The van der Waals surface area contributed by atoms with Crippen molar-refractivity contribution in [3.8, 4) is 0 Å². The summed E-state index contributed by atoms with van der Waals surface area (Å²) in [6.07, 6.45) is -8.48. The zero-order valence-corrected chi connectivity index (χ0v) is 24.7. The molecule has 2 atom stereocenters. The molecule has 0 unspecified atom stereocenters. The van der Waals surface area contributed by atoms with Gasteiger partial charge in [-0.05, 0) is 59.8 Å². The van der Waals surface area contributed by atoms with Crippen LogP contribution in [-0.2, 0) is 17.1 Å². The van der Waals surface area contributed by atoms with Crippen LogP contribution in [0.3, 0.4) is 0 Å². The summed E-state index contributed by atoms with van der Waals surface area (Å²) in [6, 6.07) is 19.8. The highest BCUT2D eigenvalue weighted by Gasteiger charge is 2.42. The van der Waals surface area contributed by atoms with Crippen LogP contribution < -0.4 is 10.6 Å². The monoisotopic (exact) mass is 621 g/mol. The molecule has 4 nitrogen and oxygen atoms in total. The topological polar surface area (TPSA) is 44.4 Å². The Balaban J connectivity index is 1.61. The van der Waals surface area contributed by atoms with Crippen molar-refractivity contribution < 1.29 is 31.1 Å². The second-order valence-corrected chi connectivity index (χ2v) is 12.1. The number of anilines is 1. The Bertz CT molecular complexity index is 1350. The molecule has 0 aliphatic carbocycles. The second-order valence-electron chi connectivity index (χ2n) is 11.7. The van der Waals surface area contributed by atoms with Gasteiger partial charge in [-0.2, -0.15) is 26.3 Å². The third-order valence-electron chi connectivity index (χ3n) is 7.52. The number of likely N-dealkylation sites (tertiary alicyclic amines) is 1. The lowest BCUT2D eigenvalue weighted by molar-refractivity contribution is -0.143. The van der Waals surface area contributed by atoms with Gasteiger partial charge >= 0.3 is 12.4 Å². The van der Waals surface area contributed by atoms with Gasteiger partial charge in [-0.3, -0.25) is 4.79 Å². The molecular weight excluding hydrogens is 588 g/mol. The zero-order chi connectivity index (χ0) is 31.6.